The van der Waals surface area contributed by atoms with E-state index in [9.17, 15) is 0 Å². The molecular weight excluding hydrogens is 375 g/mol. The predicted molar refractivity (Wildman–Crippen MR) is 132 cm³/mol. The molecule has 3 heteroatoms. The molecular formula is C28H17BN2. The summed E-state index contributed by atoms with van der Waals surface area (Å²) in [6, 6.07) is 37.8. The van der Waals surface area contributed by atoms with Crippen LogP contribution in [0.4, 0.5) is 11.4 Å². The van der Waals surface area contributed by atoms with Gasteiger partial charge in [0.2, 0.25) is 0 Å². The van der Waals surface area contributed by atoms with Crippen LogP contribution in [-0.2, 0) is 0 Å². The Morgan fingerprint density at radius 2 is 1.29 bits per heavy atom. The highest BCUT2D eigenvalue weighted by Gasteiger charge is 2.45. The summed E-state index contributed by atoms with van der Waals surface area (Å²) in [6.45, 7) is 0.125. The highest BCUT2D eigenvalue weighted by molar-refractivity contribution is 6.82. The molecule has 0 N–H and O–H groups in total. The van der Waals surface area contributed by atoms with Gasteiger partial charge in [-0.1, -0.05) is 84.9 Å². The number of fused-ring (bicyclic) bond motifs is 13. The number of para-hydroxylation sites is 2. The van der Waals surface area contributed by atoms with Gasteiger partial charge in [0.25, 0.3) is 0 Å². The molecule has 0 amide bonds. The molecule has 6 aromatic rings. The summed E-state index contributed by atoms with van der Waals surface area (Å²) in [5.74, 6) is 0. The van der Waals surface area contributed by atoms with Crippen molar-refractivity contribution in [1.29, 1.82) is 0 Å². The van der Waals surface area contributed by atoms with Gasteiger partial charge >= 0.3 is 6.98 Å². The predicted octanol–water partition coefficient (Wildman–Crippen LogP) is 6.32. The van der Waals surface area contributed by atoms with Gasteiger partial charge in [0.1, 0.15) is 0 Å². The lowest BCUT2D eigenvalue weighted by Gasteiger charge is -2.34. The zero-order chi connectivity index (χ0) is 20.1. The molecule has 31 heavy (non-hydrogen) atoms. The summed E-state index contributed by atoms with van der Waals surface area (Å²) in [4.78, 5) is 2.55. The van der Waals surface area contributed by atoms with E-state index < -0.39 is 0 Å². The molecule has 8 rings (SSSR count). The zero-order valence-electron chi connectivity index (χ0n) is 16.8. The first-order valence-corrected chi connectivity index (χ1v) is 10.8. The van der Waals surface area contributed by atoms with E-state index in [1.165, 1.54) is 60.5 Å². The van der Waals surface area contributed by atoms with E-state index in [0.717, 1.165) is 0 Å². The van der Waals surface area contributed by atoms with Gasteiger partial charge in [-0.25, -0.2) is 0 Å². The van der Waals surface area contributed by atoms with Gasteiger partial charge in [-0.05, 0) is 40.0 Å². The van der Waals surface area contributed by atoms with E-state index in [0.29, 0.717) is 0 Å². The van der Waals surface area contributed by atoms with Crippen molar-refractivity contribution in [3.63, 3.8) is 0 Å². The molecule has 2 aliphatic heterocycles. The maximum absolute atomic E-state index is 2.57. The Morgan fingerprint density at radius 1 is 0.581 bits per heavy atom. The fraction of sp³-hybridized carbons (Fsp3) is 0. The molecule has 0 saturated heterocycles. The minimum atomic E-state index is 0.125. The first kappa shape index (κ1) is 15.8. The van der Waals surface area contributed by atoms with Crippen molar-refractivity contribution < 1.29 is 0 Å². The Hall–Kier alpha value is -3.98. The van der Waals surface area contributed by atoms with Crippen LogP contribution in [0, 0.1) is 0 Å². The molecule has 0 bridgehead atoms. The summed E-state index contributed by atoms with van der Waals surface area (Å²) in [6.07, 6.45) is 0. The number of nitrogens with zero attached hydrogens (tertiary/aromatic N) is 2. The normalized spacial score (nSPS) is 13.7. The van der Waals surface area contributed by atoms with Gasteiger partial charge < -0.3 is 9.29 Å². The van der Waals surface area contributed by atoms with Crippen LogP contribution in [0.3, 0.4) is 0 Å². The van der Waals surface area contributed by atoms with E-state index in [1.807, 2.05) is 0 Å². The number of aromatic nitrogens is 1. The summed E-state index contributed by atoms with van der Waals surface area (Å²) in [5, 5.41) is 5.34. The number of benzene rings is 5. The average molecular weight is 392 g/mol. The Bertz CT molecular complexity index is 1710. The lowest BCUT2D eigenvalue weighted by atomic mass is 9.60. The molecule has 0 atom stereocenters. The van der Waals surface area contributed by atoms with Crippen molar-refractivity contribution >= 4 is 56.4 Å². The van der Waals surface area contributed by atoms with E-state index in [-0.39, 0.29) is 6.98 Å². The maximum Gasteiger partial charge on any atom is 0.421 e. The first-order chi connectivity index (χ1) is 15.4. The SMILES string of the molecule is c1ccc2c(c1)B1N(c3ccccc3-2)c2cc3ccccc3c3c4ccccc4n1c23. The van der Waals surface area contributed by atoms with Gasteiger partial charge in [-0.2, -0.15) is 0 Å². The molecule has 1 aromatic heterocycles. The number of rotatable bonds is 0. The average Bonchev–Trinajstić information content (AvgIpc) is 3.36. The standard InChI is InChI=1S/C28H17BN2/c1-2-10-19-18(9-1)17-26-28-27(19)22-13-5-8-16-25(22)31(28)29-23-14-6-3-11-20(23)21-12-4-7-15-24(21)30(26)29/h1-17H. The van der Waals surface area contributed by atoms with E-state index in [2.05, 4.69) is 112 Å². The van der Waals surface area contributed by atoms with Gasteiger partial charge in [0.05, 0.1) is 11.2 Å². The van der Waals surface area contributed by atoms with Crippen LogP contribution in [0.1, 0.15) is 0 Å². The van der Waals surface area contributed by atoms with E-state index >= 15 is 0 Å². The second kappa shape index (κ2) is 5.38. The van der Waals surface area contributed by atoms with Crippen LogP contribution >= 0.6 is 0 Å². The third-order valence-corrected chi connectivity index (χ3v) is 7.12. The quantitative estimate of drug-likeness (QED) is 0.275. The largest absolute Gasteiger partial charge is 0.421 e. The fourth-order valence-corrected chi connectivity index (χ4v) is 5.96. The van der Waals surface area contributed by atoms with Gasteiger partial charge in [0, 0.05) is 27.5 Å². The number of hydrogen-bond donors (Lipinski definition) is 0. The van der Waals surface area contributed by atoms with Crippen LogP contribution in [0.2, 0.25) is 0 Å². The van der Waals surface area contributed by atoms with E-state index in [1.54, 1.807) is 0 Å². The summed E-state index contributed by atoms with van der Waals surface area (Å²) < 4.78 is 2.57. The third-order valence-electron chi connectivity index (χ3n) is 7.12. The van der Waals surface area contributed by atoms with Crippen molar-refractivity contribution in [2.24, 2.45) is 0 Å². The van der Waals surface area contributed by atoms with Gasteiger partial charge in [-0.3, -0.25) is 0 Å². The van der Waals surface area contributed by atoms with Crippen LogP contribution < -0.4 is 10.3 Å². The van der Waals surface area contributed by atoms with Crippen molar-refractivity contribution in [1.82, 2.24) is 4.48 Å². The zero-order valence-corrected chi connectivity index (χ0v) is 16.8. The summed E-state index contributed by atoms with van der Waals surface area (Å²) in [7, 11) is 0. The lowest BCUT2D eigenvalue weighted by molar-refractivity contribution is 1.31. The fourth-order valence-electron chi connectivity index (χ4n) is 5.96. The molecule has 0 aliphatic carbocycles. The summed E-state index contributed by atoms with van der Waals surface area (Å²) in [5.41, 5.74) is 9.25. The Labute approximate surface area is 180 Å². The monoisotopic (exact) mass is 392 g/mol. The third kappa shape index (κ3) is 1.77. The molecule has 0 saturated carbocycles. The van der Waals surface area contributed by atoms with Gasteiger partial charge in [-0.15, -0.1) is 0 Å². The molecule has 0 spiro atoms. The van der Waals surface area contributed by atoms with E-state index in [4.69, 9.17) is 0 Å². The topological polar surface area (TPSA) is 8.17 Å². The Kier molecular flexibility index (Phi) is 2.75. The van der Waals surface area contributed by atoms with Crippen molar-refractivity contribution in [3.8, 4) is 11.1 Å². The molecule has 0 unspecified atom stereocenters. The number of anilines is 2. The molecule has 3 heterocycles. The van der Waals surface area contributed by atoms with Crippen molar-refractivity contribution in [2.45, 2.75) is 0 Å². The molecule has 0 fully saturated rings. The second-order valence-electron chi connectivity index (χ2n) is 8.58. The molecule has 2 aliphatic rings. The lowest BCUT2D eigenvalue weighted by Crippen LogP contribution is -2.51. The maximum atomic E-state index is 2.57. The van der Waals surface area contributed by atoms with Crippen LogP contribution in [0.15, 0.2) is 103 Å². The Balaban J connectivity index is 1.64. The minimum absolute atomic E-state index is 0.125. The van der Waals surface area contributed by atoms with Crippen LogP contribution in [-0.4, -0.2) is 11.5 Å². The molecule has 2 nitrogen and oxygen atoms in total. The summed E-state index contributed by atoms with van der Waals surface area (Å²) >= 11 is 0. The van der Waals surface area contributed by atoms with Crippen LogP contribution in [0.5, 0.6) is 0 Å². The Morgan fingerprint density at radius 3 is 2.23 bits per heavy atom. The smallest absolute Gasteiger partial charge is 0.359 e. The molecule has 5 aromatic carbocycles. The number of hydrogen-bond acceptors (Lipinski definition) is 1. The highest BCUT2D eigenvalue weighted by Crippen LogP contribution is 2.50. The van der Waals surface area contributed by atoms with Crippen molar-refractivity contribution in [2.75, 3.05) is 4.81 Å². The van der Waals surface area contributed by atoms with Gasteiger partial charge in [0.15, 0.2) is 0 Å². The first-order valence-electron chi connectivity index (χ1n) is 10.8. The van der Waals surface area contributed by atoms with Crippen LogP contribution in [0.25, 0.3) is 43.7 Å². The minimum Gasteiger partial charge on any atom is -0.359 e. The van der Waals surface area contributed by atoms with Crippen molar-refractivity contribution in [3.05, 3.63) is 103 Å². The second-order valence-corrected chi connectivity index (χ2v) is 8.58. The molecule has 0 radical (unpaired) electrons. The molecule has 142 valence electrons. The highest BCUT2D eigenvalue weighted by atomic mass is 15.2.